The number of nitrogens with zero attached hydrogens (tertiary/aromatic N) is 4. The van der Waals surface area contributed by atoms with Crippen molar-refractivity contribution in [2.45, 2.75) is 13.5 Å². The molecule has 25 heavy (non-hydrogen) atoms. The number of hydrogen-bond donors (Lipinski definition) is 1. The van der Waals surface area contributed by atoms with E-state index < -0.39 is 0 Å². The predicted octanol–water partition coefficient (Wildman–Crippen LogP) is 3.18. The van der Waals surface area contributed by atoms with Gasteiger partial charge in [-0.2, -0.15) is 0 Å². The van der Waals surface area contributed by atoms with Crippen molar-refractivity contribution in [2.24, 2.45) is 12.0 Å². The Morgan fingerprint density at radius 3 is 2.44 bits per heavy atom. The number of aryl methyl sites for hydroxylation is 1. The molecule has 0 spiro atoms. The summed E-state index contributed by atoms with van der Waals surface area (Å²) in [6.45, 7) is 5.44. The van der Waals surface area contributed by atoms with Crippen molar-refractivity contribution in [1.29, 1.82) is 0 Å². The predicted molar refractivity (Wildman–Crippen MR) is 118 cm³/mol. The van der Waals surface area contributed by atoms with E-state index in [2.05, 4.69) is 90.3 Å². The lowest BCUT2D eigenvalue weighted by Crippen LogP contribution is -2.39. The van der Waals surface area contributed by atoms with Crippen molar-refractivity contribution < 1.29 is 0 Å². The Morgan fingerprint density at radius 1 is 1.12 bits per heavy atom. The fourth-order valence-corrected chi connectivity index (χ4v) is 2.57. The number of benzene rings is 1. The second-order valence-corrected chi connectivity index (χ2v) is 5.96. The SMILES string of the molecule is CCNC(=NCCN(C)c1ccccc1)N(C)Cc1cccn1C.I. The highest BCUT2D eigenvalue weighted by Crippen LogP contribution is 2.10. The van der Waals surface area contributed by atoms with E-state index in [4.69, 9.17) is 4.99 Å². The molecule has 1 aromatic heterocycles. The summed E-state index contributed by atoms with van der Waals surface area (Å²) >= 11 is 0. The zero-order valence-electron chi connectivity index (χ0n) is 15.6. The number of aromatic nitrogens is 1. The minimum absolute atomic E-state index is 0. The van der Waals surface area contributed by atoms with Gasteiger partial charge in [0.2, 0.25) is 0 Å². The van der Waals surface area contributed by atoms with Crippen molar-refractivity contribution in [3.8, 4) is 0 Å². The highest BCUT2D eigenvalue weighted by atomic mass is 127. The van der Waals surface area contributed by atoms with Crippen molar-refractivity contribution in [3.05, 3.63) is 54.4 Å². The lowest BCUT2D eigenvalue weighted by molar-refractivity contribution is 0.462. The molecule has 0 amide bonds. The molecule has 0 unspecified atom stereocenters. The molecule has 5 nitrogen and oxygen atoms in total. The van der Waals surface area contributed by atoms with Gasteiger partial charge in [-0.1, -0.05) is 18.2 Å². The van der Waals surface area contributed by atoms with E-state index >= 15 is 0 Å². The van der Waals surface area contributed by atoms with Gasteiger partial charge in [0.05, 0.1) is 13.1 Å². The van der Waals surface area contributed by atoms with Crippen LogP contribution in [0.3, 0.4) is 0 Å². The molecule has 0 aliphatic rings. The topological polar surface area (TPSA) is 35.8 Å². The van der Waals surface area contributed by atoms with Crippen LogP contribution in [0.2, 0.25) is 0 Å². The third-order valence-electron chi connectivity index (χ3n) is 4.04. The quantitative estimate of drug-likeness (QED) is 0.396. The number of hydrogen-bond acceptors (Lipinski definition) is 2. The lowest BCUT2D eigenvalue weighted by Gasteiger charge is -2.23. The Bertz CT molecular complexity index is 638. The molecule has 0 saturated heterocycles. The zero-order valence-corrected chi connectivity index (χ0v) is 18.0. The normalized spacial score (nSPS) is 11.0. The molecule has 1 heterocycles. The summed E-state index contributed by atoms with van der Waals surface area (Å²) in [4.78, 5) is 9.16. The fourth-order valence-electron chi connectivity index (χ4n) is 2.57. The van der Waals surface area contributed by atoms with Crippen molar-refractivity contribution >= 4 is 35.6 Å². The Labute approximate surface area is 168 Å². The second-order valence-electron chi connectivity index (χ2n) is 5.96. The minimum atomic E-state index is 0. The highest BCUT2D eigenvalue weighted by Gasteiger charge is 2.08. The summed E-state index contributed by atoms with van der Waals surface area (Å²) in [5.74, 6) is 0.945. The largest absolute Gasteiger partial charge is 0.373 e. The van der Waals surface area contributed by atoms with Gasteiger partial charge in [-0.15, -0.1) is 24.0 Å². The van der Waals surface area contributed by atoms with Crippen LogP contribution in [-0.4, -0.2) is 49.2 Å². The van der Waals surface area contributed by atoms with Crippen LogP contribution in [0, 0.1) is 0 Å². The van der Waals surface area contributed by atoms with Crippen molar-refractivity contribution in [1.82, 2.24) is 14.8 Å². The van der Waals surface area contributed by atoms with Gasteiger partial charge in [0.15, 0.2) is 5.96 Å². The summed E-state index contributed by atoms with van der Waals surface area (Å²) in [7, 11) is 6.25. The molecule has 0 aliphatic heterocycles. The van der Waals surface area contributed by atoms with Crippen molar-refractivity contribution in [3.63, 3.8) is 0 Å². The van der Waals surface area contributed by atoms with Gasteiger partial charge in [0.1, 0.15) is 0 Å². The van der Waals surface area contributed by atoms with Gasteiger partial charge < -0.3 is 19.7 Å². The fraction of sp³-hybridized carbons (Fsp3) is 0.421. The number of aliphatic imine (C=N–C) groups is 1. The van der Waals surface area contributed by atoms with E-state index in [0.29, 0.717) is 0 Å². The second kappa shape index (κ2) is 11.0. The van der Waals surface area contributed by atoms with E-state index in [0.717, 1.165) is 32.1 Å². The van der Waals surface area contributed by atoms with Crippen LogP contribution in [-0.2, 0) is 13.6 Å². The highest BCUT2D eigenvalue weighted by molar-refractivity contribution is 14.0. The average molecular weight is 455 g/mol. The van der Waals surface area contributed by atoms with Gasteiger partial charge in [0.25, 0.3) is 0 Å². The number of para-hydroxylation sites is 1. The summed E-state index contributed by atoms with van der Waals surface area (Å²) in [5, 5.41) is 3.38. The summed E-state index contributed by atoms with van der Waals surface area (Å²) < 4.78 is 2.14. The first kappa shape index (κ1) is 21.3. The number of guanidine groups is 1. The number of halogens is 1. The van der Waals surface area contributed by atoms with Crippen molar-refractivity contribution in [2.75, 3.05) is 38.6 Å². The first-order chi connectivity index (χ1) is 11.6. The van der Waals surface area contributed by atoms with Gasteiger partial charge in [-0.05, 0) is 31.2 Å². The molecule has 0 aliphatic carbocycles. The Balaban J connectivity index is 0.00000312. The Kier molecular flexibility index (Phi) is 9.41. The number of likely N-dealkylation sites (N-methyl/N-ethyl adjacent to an activating group) is 1. The van der Waals surface area contributed by atoms with Gasteiger partial charge in [0, 0.05) is 51.8 Å². The standard InChI is InChI=1S/C19H29N5.HI/c1-5-20-19(24(4)16-18-12-9-14-22(18)2)21-13-15-23(3)17-10-7-6-8-11-17;/h6-12,14H,5,13,15-16H2,1-4H3,(H,20,21);1H. The third-order valence-corrected chi connectivity index (χ3v) is 4.04. The van der Waals surface area contributed by atoms with Crippen LogP contribution in [0.15, 0.2) is 53.7 Å². The molecule has 0 fully saturated rings. The first-order valence-corrected chi connectivity index (χ1v) is 8.47. The molecule has 0 radical (unpaired) electrons. The molecular formula is C19H30IN5. The summed E-state index contributed by atoms with van der Waals surface area (Å²) in [5.41, 5.74) is 2.49. The summed E-state index contributed by atoms with van der Waals surface area (Å²) in [6.07, 6.45) is 2.07. The smallest absolute Gasteiger partial charge is 0.194 e. The Morgan fingerprint density at radius 2 is 1.84 bits per heavy atom. The molecule has 0 saturated carbocycles. The number of nitrogens with one attached hydrogen (secondary N) is 1. The van der Waals surface area contributed by atoms with Gasteiger partial charge in [-0.3, -0.25) is 4.99 Å². The van der Waals surface area contributed by atoms with Gasteiger partial charge in [-0.25, -0.2) is 0 Å². The molecule has 1 aromatic carbocycles. The molecule has 1 N–H and O–H groups in total. The van der Waals surface area contributed by atoms with E-state index in [9.17, 15) is 0 Å². The Hall–Kier alpha value is -1.70. The number of anilines is 1. The van der Waals surface area contributed by atoms with Crippen LogP contribution in [0.25, 0.3) is 0 Å². The van der Waals surface area contributed by atoms with E-state index in [-0.39, 0.29) is 24.0 Å². The monoisotopic (exact) mass is 455 g/mol. The number of rotatable bonds is 7. The maximum atomic E-state index is 4.77. The molecule has 0 bridgehead atoms. The van der Waals surface area contributed by atoms with Crippen LogP contribution >= 0.6 is 24.0 Å². The summed E-state index contributed by atoms with van der Waals surface area (Å²) in [6, 6.07) is 14.6. The average Bonchev–Trinajstić information content (AvgIpc) is 2.99. The zero-order chi connectivity index (χ0) is 17.4. The van der Waals surface area contributed by atoms with Crippen LogP contribution < -0.4 is 10.2 Å². The molecular weight excluding hydrogens is 425 g/mol. The van der Waals surface area contributed by atoms with E-state index in [1.165, 1.54) is 11.4 Å². The van der Waals surface area contributed by atoms with Crippen LogP contribution in [0.5, 0.6) is 0 Å². The third kappa shape index (κ3) is 6.61. The lowest BCUT2D eigenvalue weighted by atomic mass is 10.3. The molecule has 138 valence electrons. The van der Waals surface area contributed by atoms with Gasteiger partial charge >= 0.3 is 0 Å². The molecule has 2 rings (SSSR count). The molecule has 0 atom stereocenters. The van der Waals surface area contributed by atoms with Crippen LogP contribution in [0.4, 0.5) is 5.69 Å². The van der Waals surface area contributed by atoms with E-state index in [1.54, 1.807) is 0 Å². The molecule has 2 aromatic rings. The molecule has 6 heteroatoms. The van der Waals surface area contributed by atoms with Crippen LogP contribution in [0.1, 0.15) is 12.6 Å². The minimum Gasteiger partial charge on any atom is -0.373 e. The maximum absolute atomic E-state index is 4.77. The maximum Gasteiger partial charge on any atom is 0.194 e. The van der Waals surface area contributed by atoms with E-state index in [1.807, 2.05) is 6.07 Å². The first-order valence-electron chi connectivity index (χ1n) is 8.47.